The lowest BCUT2D eigenvalue weighted by molar-refractivity contribution is 0.0735. The molecule has 5 heteroatoms. The highest BCUT2D eigenvalue weighted by molar-refractivity contribution is 5.93. The van der Waals surface area contributed by atoms with Crippen molar-refractivity contribution in [1.82, 2.24) is 14.4 Å². The summed E-state index contributed by atoms with van der Waals surface area (Å²) in [5, 5.41) is 0. The largest absolute Gasteiger partial charge is 0.354 e. The van der Waals surface area contributed by atoms with E-state index >= 15 is 0 Å². The van der Waals surface area contributed by atoms with E-state index in [0.29, 0.717) is 12.5 Å². The molecule has 0 unspecified atom stereocenters. The zero-order valence-corrected chi connectivity index (χ0v) is 16.5. The van der Waals surface area contributed by atoms with Crippen LogP contribution in [0.3, 0.4) is 0 Å². The zero-order valence-electron chi connectivity index (χ0n) is 16.5. The van der Waals surface area contributed by atoms with Crippen molar-refractivity contribution in [2.45, 2.75) is 26.3 Å². The summed E-state index contributed by atoms with van der Waals surface area (Å²) in [7, 11) is 3.66. The number of pyridine rings is 1. The molecule has 1 saturated heterocycles. The maximum absolute atomic E-state index is 12.7. The molecule has 2 heterocycles. The van der Waals surface area contributed by atoms with Gasteiger partial charge in [0.25, 0.3) is 5.91 Å². The lowest BCUT2D eigenvalue weighted by Gasteiger charge is -2.34. The van der Waals surface area contributed by atoms with Crippen LogP contribution in [0.2, 0.25) is 0 Å². The summed E-state index contributed by atoms with van der Waals surface area (Å²) in [6.45, 7) is 5.65. The van der Waals surface area contributed by atoms with Gasteiger partial charge in [-0.05, 0) is 44.3 Å². The molecular weight excluding hydrogens is 338 g/mol. The van der Waals surface area contributed by atoms with E-state index in [9.17, 15) is 9.59 Å². The Balaban J connectivity index is 1.53. The lowest BCUT2D eigenvalue weighted by atomic mass is 9.95. The molecule has 1 amide bonds. The highest BCUT2D eigenvalue weighted by atomic mass is 16.2. The van der Waals surface area contributed by atoms with E-state index in [-0.39, 0.29) is 16.9 Å². The van der Waals surface area contributed by atoms with E-state index < -0.39 is 0 Å². The normalized spacial score (nSPS) is 15.7. The minimum atomic E-state index is -0.194. The summed E-state index contributed by atoms with van der Waals surface area (Å²) in [5.74, 6) is 0.308. The summed E-state index contributed by atoms with van der Waals surface area (Å²) in [4.78, 5) is 29.1. The number of amides is 1. The minimum absolute atomic E-state index is 0.178. The van der Waals surface area contributed by atoms with Crippen molar-refractivity contribution in [3.63, 3.8) is 0 Å². The molecule has 27 heavy (non-hydrogen) atoms. The summed E-state index contributed by atoms with van der Waals surface area (Å²) in [5.41, 5.74) is 2.26. The number of aryl methyl sites for hydroxylation is 2. The molecule has 1 fully saturated rings. The molecule has 0 saturated carbocycles. The minimum Gasteiger partial charge on any atom is -0.354 e. The molecule has 1 aromatic carbocycles. The van der Waals surface area contributed by atoms with Crippen molar-refractivity contribution in [3.05, 3.63) is 69.6 Å². The van der Waals surface area contributed by atoms with Crippen molar-refractivity contribution in [3.8, 4) is 0 Å². The van der Waals surface area contributed by atoms with Crippen LogP contribution in [0.4, 0.5) is 0 Å². The second-order valence-electron chi connectivity index (χ2n) is 7.69. The van der Waals surface area contributed by atoms with Gasteiger partial charge in [0.2, 0.25) is 0 Å². The van der Waals surface area contributed by atoms with Gasteiger partial charge in [-0.1, -0.05) is 30.3 Å². The van der Waals surface area contributed by atoms with Crippen molar-refractivity contribution in [2.75, 3.05) is 26.7 Å². The molecule has 1 aliphatic heterocycles. The molecule has 0 spiro atoms. The molecule has 5 nitrogen and oxygen atoms in total. The van der Waals surface area contributed by atoms with E-state index in [1.165, 1.54) is 11.6 Å². The number of piperidine rings is 1. The van der Waals surface area contributed by atoms with Gasteiger partial charge in [-0.15, -0.1) is 0 Å². The Kier molecular flexibility index (Phi) is 6.11. The van der Waals surface area contributed by atoms with Gasteiger partial charge in [0.1, 0.15) is 5.56 Å². The Hall–Kier alpha value is -2.40. The third-order valence-electron chi connectivity index (χ3n) is 5.55. The molecule has 0 atom stereocenters. The molecule has 0 bridgehead atoms. The first-order chi connectivity index (χ1) is 12.9. The maximum atomic E-state index is 12.7. The number of benzene rings is 1. The molecule has 2 aromatic rings. The number of aromatic nitrogens is 1. The van der Waals surface area contributed by atoms with Crippen LogP contribution < -0.4 is 5.43 Å². The van der Waals surface area contributed by atoms with Gasteiger partial charge >= 0.3 is 0 Å². The van der Waals surface area contributed by atoms with Crippen molar-refractivity contribution in [1.29, 1.82) is 0 Å². The van der Waals surface area contributed by atoms with Crippen LogP contribution in [-0.2, 0) is 13.6 Å². The Labute approximate surface area is 161 Å². The third-order valence-corrected chi connectivity index (χ3v) is 5.55. The van der Waals surface area contributed by atoms with Gasteiger partial charge in [0.05, 0.1) is 0 Å². The van der Waals surface area contributed by atoms with E-state index in [4.69, 9.17) is 0 Å². The van der Waals surface area contributed by atoms with Crippen LogP contribution in [0.15, 0.2) is 47.4 Å². The van der Waals surface area contributed by atoms with E-state index in [1.54, 1.807) is 18.1 Å². The van der Waals surface area contributed by atoms with Crippen LogP contribution in [0.1, 0.15) is 34.5 Å². The first-order valence-corrected chi connectivity index (χ1v) is 9.63. The van der Waals surface area contributed by atoms with Gasteiger partial charge in [-0.3, -0.25) is 14.5 Å². The van der Waals surface area contributed by atoms with Crippen molar-refractivity contribution in [2.24, 2.45) is 13.0 Å². The molecular formula is C22H29N3O2. The predicted octanol–water partition coefficient (Wildman–Crippen LogP) is 2.68. The summed E-state index contributed by atoms with van der Waals surface area (Å²) in [6, 6.07) is 12.1. The van der Waals surface area contributed by atoms with Gasteiger partial charge < -0.3 is 9.47 Å². The monoisotopic (exact) mass is 367 g/mol. The summed E-state index contributed by atoms with van der Waals surface area (Å²) in [6.07, 6.45) is 3.81. The molecule has 1 aliphatic rings. The molecule has 0 radical (unpaired) electrons. The number of carbonyl (C=O) groups is 1. The topological polar surface area (TPSA) is 45.6 Å². The van der Waals surface area contributed by atoms with E-state index in [0.717, 1.165) is 38.2 Å². The van der Waals surface area contributed by atoms with Crippen LogP contribution in [0, 0.1) is 12.8 Å². The van der Waals surface area contributed by atoms with Gasteiger partial charge in [-0.2, -0.15) is 0 Å². The SMILES string of the molecule is Cc1cc(=O)c(C(=O)N(C)CC2CCN(Cc3ccccc3)CC2)cn1C. The third kappa shape index (κ3) is 4.86. The quantitative estimate of drug-likeness (QED) is 0.816. The Morgan fingerprint density at radius 1 is 1.19 bits per heavy atom. The van der Waals surface area contributed by atoms with Gasteiger partial charge in [-0.25, -0.2) is 0 Å². The smallest absolute Gasteiger partial charge is 0.259 e. The number of hydrogen-bond donors (Lipinski definition) is 0. The second-order valence-corrected chi connectivity index (χ2v) is 7.69. The second kappa shape index (κ2) is 8.53. The highest BCUT2D eigenvalue weighted by Crippen LogP contribution is 2.20. The van der Waals surface area contributed by atoms with Crippen LogP contribution in [-0.4, -0.2) is 47.0 Å². The van der Waals surface area contributed by atoms with Gasteiger partial charge in [0.15, 0.2) is 5.43 Å². The van der Waals surface area contributed by atoms with Crippen molar-refractivity contribution < 1.29 is 4.79 Å². The Morgan fingerprint density at radius 2 is 1.85 bits per heavy atom. The number of nitrogens with zero attached hydrogens (tertiary/aromatic N) is 3. The van der Waals surface area contributed by atoms with E-state index in [1.807, 2.05) is 24.6 Å². The number of rotatable bonds is 5. The summed E-state index contributed by atoms with van der Waals surface area (Å²) < 4.78 is 1.82. The maximum Gasteiger partial charge on any atom is 0.259 e. The average Bonchev–Trinajstić information content (AvgIpc) is 2.66. The molecule has 144 valence electrons. The highest BCUT2D eigenvalue weighted by Gasteiger charge is 2.23. The first kappa shape index (κ1) is 19.4. The lowest BCUT2D eigenvalue weighted by Crippen LogP contribution is -2.40. The van der Waals surface area contributed by atoms with Crippen molar-refractivity contribution >= 4 is 5.91 Å². The first-order valence-electron chi connectivity index (χ1n) is 9.63. The standard InChI is InChI=1S/C22H29N3O2/c1-17-13-21(26)20(16-23(17)2)22(27)24(3)14-19-9-11-25(12-10-19)15-18-7-5-4-6-8-18/h4-8,13,16,19H,9-12,14-15H2,1-3H3. The molecule has 0 aliphatic carbocycles. The van der Waals surface area contributed by atoms with Gasteiger partial charge in [0, 0.05) is 45.1 Å². The number of likely N-dealkylation sites (tertiary alicyclic amines) is 1. The zero-order chi connectivity index (χ0) is 19.4. The van der Waals surface area contributed by atoms with Crippen LogP contribution in [0.25, 0.3) is 0 Å². The Morgan fingerprint density at radius 3 is 2.52 bits per heavy atom. The Bertz CT molecular complexity index is 836. The fourth-order valence-electron chi connectivity index (χ4n) is 3.73. The average molecular weight is 367 g/mol. The number of hydrogen-bond acceptors (Lipinski definition) is 3. The number of carbonyl (C=O) groups excluding carboxylic acids is 1. The summed E-state index contributed by atoms with van der Waals surface area (Å²) >= 11 is 0. The molecule has 0 N–H and O–H groups in total. The fraction of sp³-hybridized carbons (Fsp3) is 0.455. The van der Waals surface area contributed by atoms with Crippen LogP contribution in [0.5, 0.6) is 0 Å². The molecule has 3 rings (SSSR count). The fourth-order valence-corrected chi connectivity index (χ4v) is 3.73. The van der Waals surface area contributed by atoms with E-state index in [2.05, 4.69) is 29.2 Å². The van der Waals surface area contributed by atoms with Crippen LogP contribution >= 0.6 is 0 Å². The molecule has 1 aromatic heterocycles. The predicted molar refractivity (Wildman–Crippen MR) is 108 cm³/mol.